The molecule has 0 radical (unpaired) electrons. The average Bonchev–Trinajstić information content (AvgIpc) is 2.10. The Bertz CT molecular complexity index is 181. The SMILES string of the molecule is CNC(=O)NCCCCCC(=O)[O-].[Li+].[PH2-]. The summed E-state index contributed by atoms with van der Waals surface area (Å²) >= 11 is 0. The first-order valence-corrected chi connectivity index (χ1v) is 4.32. The Balaban J connectivity index is -0.000000720. The van der Waals surface area contributed by atoms with Gasteiger partial charge in [-0.3, -0.25) is 0 Å². The van der Waals surface area contributed by atoms with E-state index in [1.165, 1.54) is 0 Å². The predicted octanol–water partition coefficient (Wildman–Crippen LogP) is -3.44. The summed E-state index contributed by atoms with van der Waals surface area (Å²) in [6.07, 6.45) is 2.29. The van der Waals surface area contributed by atoms with E-state index in [0.717, 1.165) is 12.8 Å². The summed E-state index contributed by atoms with van der Waals surface area (Å²) in [7, 11) is 1.55. The van der Waals surface area contributed by atoms with Gasteiger partial charge in [-0.15, -0.1) is 0 Å². The van der Waals surface area contributed by atoms with Crippen LogP contribution in [0, 0.1) is 0 Å². The Labute approximate surface area is 106 Å². The number of carbonyl (C=O) groups excluding carboxylic acids is 2. The van der Waals surface area contributed by atoms with E-state index in [1.54, 1.807) is 7.05 Å². The summed E-state index contributed by atoms with van der Waals surface area (Å²) in [5.41, 5.74) is 0. The molecule has 0 aromatic rings. The fraction of sp³-hybridized carbons (Fsp3) is 0.750. The van der Waals surface area contributed by atoms with Crippen LogP contribution < -0.4 is 34.6 Å². The van der Waals surface area contributed by atoms with E-state index in [-0.39, 0.29) is 41.2 Å². The maximum Gasteiger partial charge on any atom is 1.00 e. The van der Waals surface area contributed by atoms with Crippen molar-refractivity contribution in [3.05, 3.63) is 0 Å². The Morgan fingerprint density at radius 3 is 2.27 bits per heavy atom. The predicted molar refractivity (Wildman–Crippen MR) is 55.6 cm³/mol. The minimum absolute atomic E-state index is 0. The van der Waals surface area contributed by atoms with Crippen molar-refractivity contribution in [2.24, 2.45) is 0 Å². The summed E-state index contributed by atoms with van der Waals surface area (Å²) in [4.78, 5) is 20.6. The Hall–Kier alpha value is -0.233. The van der Waals surface area contributed by atoms with Gasteiger partial charge in [-0.05, 0) is 19.3 Å². The molecule has 15 heavy (non-hydrogen) atoms. The molecule has 0 rings (SSSR count). The van der Waals surface area contributed by atoms with E-state index in [1.807, 2.05) is 0 Å². The molecule has 0 heterocycles. The van der Waals surface area contributed by atoms with E-state index in [9.17, 15) is 14.7 Å². The van der Waals surface area contributed by atoms with Crippen molar-refractivity contribution in [1.29, 1.82) is 0 Å². The van der Waals surface area contributed by atoms with Gasteiger partial charge in [0, 0.05) is 19.6 Å². The monoisotopic (exact) mass is 227 g/mol. The van der Waals surface area contributed by atoms with Gasteiger partial charge in [-0.2, -0.15) is 0 Å². The van der Waals surface area contributed by atoms with Crippen LogP contribution in [-0.2, 0) is 4.79 Å². The van der Waals surface area contributed by atoms with Gasteiger partial charge >= 0.3 is 24.9 Å². The summed E-state index contributed by atoms with van der Waals surface area (Å²) < 4.78 is 0. The molecular weight excluding hydrogens is 210 g/mol. The summed E-state index contributed by atoms with van der Waals surface area (Å²) in [5.74, 6) is -1.01. The Morgan fingerprint density at radius 1 is 1.20 bits per heavy atom. The van der Waals surface area contributed by atoms with Gasteiger partial charge < -0.3 is 30.4 Å². The van der Waals surface area contributed by atoms with Crippen molar-refractivity contribution in [3.8, 4) is 0 Å². The molecule has 7 heteroatoms. The Morgan fingerprint density at radius 2 is 1.80 bits per heavy atom. The first-order chi connectivity index (χ1) is 6.16. The van der Waals surface area contributed by atoms with Crippen LogP contribution in [0.4, 0.5) is 4.79 Å². The molecule has 0 spiro atoms. The molecule has 0 aliphatic rings. The van der Waals surface area contributed by atoms with Gasteiger partial charge in [0.1, 0.15) is 0 Å². The first-order valence-electron chi connectivity index (χ1n) is 4.32. The summed E-state index contributed by atoms with van der Waals surface area (Å²) in [5, 5.41) is 15.0. The number of urea groups is 1. The van der Waals surface area contributed by atoms with Crippen LogP contribution in [0.2, 0.25) is 0 Å². The van der Waals surface area contributed by atoms with Crippen LogP contribution in [0.3, 0.4) is 0 Å². The third-order valence-corrected chi connectivity index (χ3v) is 1.57. The molecule has 0 unspecified atom stereocenters. The van der Waals surface area contributed by atoms with E-state index in [0.29, 0.717) is 13.0 Å². The minimum atomic E-state index is -1.01. The smallest absolute Gasteiger partial charge is 0.577 e. The number of hydrogen-bond donors (Lipinski definition) is 2. The zero-order valence-corrected chi connectivity index (χ0v) is 10.5. The zero-order chi connectivity index (χ0) is 10.1. The van der Waals surface area contributed by atoms with Crippen LogP contribution in [0.5, 0.6) is 0 Å². The van der Waals surface area contributed by atoms with Gasteiger partial charge in [0.2, 0.25) is 0 Å². The molecule has 2 N–H and O–H groups in total. The number of aliphatic carboxylic acids is 1. The molecule has 0 fully saturated rings. The zero-order valence-electron chi connectivity index (χ0n) is 9.34. The van der Waals surface area contributed by atoms with Crippen LogP contribution in [0.25, 0.3) is 0 Å². The van der Waals surface area contributed by atoms with Gasteiger partial charge in [0.15, 0.2) is 0 Å². The van der Waals surface area contributed by atoms with Crippen molar-refractivity contribution < 1.29 is 33.6 Å². The second-order valence-corrected chi connectivity index (χ2v) is 2.69. The number of rotatable bonds is 6. The number of amides is 2. The van der Waals surface area contributed by atoms with Gasteiger partial charge in [-0.1, -0.05) is 6.42 Å². The number of unbranched alkanes of at least 4 members (excludes halogenated alkanes) is 2. The molecular formula is C8H17LiN2O3P-. The van der Waals surface area contributed by atoms with Crippen molar-refractivity contribution in [3.63, 3.8) is 0 Å². The van der Waals surface area contributed by atoms with Crippen molar-refractivity contribution in [1.82, 2.24) is 10.6 Å². The third kappa shape index (κ3) is 16.4. The molecule has 0 aliphatic heterocycles. The molecule has 0 bridgehead atoms. The van der Waals surface area contributed by atoms with Crippen LogP contribution in [0.1, 0.15) is 25.7 Å². The number of carboxylic acid groups (broad SMARTS) is 1. The minimum Gasteiger partial charge on any atom is -0.577 e. The van der Waals surface area contributed by atoms with Gasteiger partial charge in [0.25, 0.3) is 0 Å². The van der Waals surface area contributed by atoms with Crippen molar-refractivity contribution >= 4 is 21.9 Å². The topological polar surface area (TPSA) is 81.3 Å². The third-order valence-electron chi connectivity index (χ3n) is 1.57. The van der Waals surface area contributed by atoms with Crippen molar-refractivity contribution in [2.75, 3.05) is 13.6 Å². The standard InChI is InChI=1S/C8H16N2O3.Li.H2P/c1-9-8(13)10-6-4-2-3-5-7(11)12;;/h2-6H2,1H3,(H,11,12)(H2,9,10,13);;1H2/q;+1;-1/p-1. The number of carbonyl (C=O) groups is 2. The molecule has 0 saturated heterocycles. The second-order valence-electron chi connectivity index (χ2n) is 2.69. The summed E-state index contributed by atoms with van der Waals surface area (Å²) in [6, 6.07) is -0.208. The average molecular weight is 227 g/mol. The molecule has 84 valence electrons. The maximum atomic E-state index is 10.6. The molecule has 0 aromatic carbocycles. The van der Waals surface area contributed by atoms with Crippen LogP contribution in [-0.4, -0.2) is 25.6 Å². The number of hydrogen-bond acceptors (Lipinski definition) is 3. The quantitative estimate of drug-likeness (QED) is 0.281. The van der Waals surface area contributed by atoms with E-state index < -0.39 is 5.97 Å². The summed E-state index contributed by atoms with van der Waals surface area (Å²) in [6.45, 7) is 0.576. The largest absolute Gasteiger partial charge is 1.00 e. The van der Waals surface area contributed by atoms with Crippen LogP contribution in [0.15, 0.2) is 0 Å². The molecule has 0 aromatic heterocycles. The van der Waals surface area contributed by atoms with E-state index >= 15 is 0 Å². The molecule has 5 nitrogen and oxygen atoms in total. The molecule has 2 amide bonds. The number of nitrogens with one attached hydrogen (secondary N) is 2. The fourth-order valence-corrected chi connectivity index (χ4v) is 0.861. The van der Waals surface area contributed by atoms with E-state index in [4.69, 9.17) is 0 Å². The van der Waals surface area contributed by atoms with Gasteiger partial charge in [0.05, 0.1) is 0 Å². The first kappa shape index (κ1) is 20.2. The van der Waals surface area contributed by atoms with Gasteiger partial charge in [-0.25, -0.2) is 4.79 Å². The molecule has 0 aliphatic carbocycles. The van der Waals surface area contributed by atoms with Crippen LogP contribution >= 0.6 is 9.90 Å². The fourth-order valence-electron chi connectivity index (χ4n) is 0.861. The molecule has 0 atom stereocenters. The normalized spacial score (nSPS) is 8.07. The Kier molecular flexibility index (Phi) is 18.6. The number of carboxylic acids is 1. The maximum absolute atomic E-state index is 10.6. The second kappa shape index (κ2) is 13.8. The van der Waals surface area contributed by atoms with Crippen molar-refractivity contribution in [2.45, 2.75) is 25.7 Å². The molecule has 0 saturated carbocycles. The van der Waals surface area contributed by atoms with E-state index in [2.05, 4.69) is 10.6 Å².